The molecule has 0 aliphatic carbocycles. The van der Waals surface area contributed by atoms with Gasteiger partial charge < -0.3 is 15.0 Å². The summed E-state index contributed by atoms with van der Waals surface area (Å²) >= 11 is 0. The Balaban J connectivity index is 2.18. The average Bonchev–Trinajstić information content (AvgIpc) is 2.69. The summed E-state index contributed by atoms with van der Waals surface area (Å²) in [5.74, 6) is 0.563. The molecule has 2 aromatic carbocycles. The van der Waals surface area contributed by atoms with Crippen LogP contribution in [-0.4, -0.2) is 36.4 Å². The standard InChI is InChI=1S/C23H30N2O3/c1-16(2)20-11-6-7-12-21(20)28-15-22(26)25(18(4)23(27)24-5)14-19-10-8-9-17(3)13-19/h6-13,16,18H,14-15H2,1-5H3,(H,24,27). The Morgan fingerprint density at radius 1 is 1.07 bits per heavy atom. The van der Waals surface area contributed by atoms with E-state index in [1.54, 1.807) is 18.9 Å². The van der Waals surface area contributed by atoms with Gasteiger partial charge >= 0.3 is 0 Å². The van der Waals surface area contributed by atoms with Crippen LogP contribution in [0.15, 0.2) is 48.5 Å². The van der Waals surface area contributed by atoms with Gasteiger partial charge in [0.15, 0.2) is 6.61 Å². The van der Waals surface area contributed by atoms with E-state index in [9.17, 15) is 9.59 Å². The number of nitrogens with zero attached hydrogens (tertiary/aromatic N) is 1. The molecular formula is C23H30N2O3. The SMILES string of the molecule is CNC(=O)C(C)N(Cc1cccc(C)c1)C(=O)COc1ccccc1C(C)C. The molecule has 1 N–H and O–H groups in total. The highest BCUT2D eigenvalue weighted by atomic mass is 16.5. The van der Waals surface area contributed by atoms with E-state index < -0.39 is 6.04 Å². The first-order chi connectivity index (χ1) is 13.3. The highest BCUT2D eigenvalue weighted by Gasteiger charge is 2.26. The fourth-order valence-electron chi connectivity index (χ4n) is 3.11. The van der Waals surface area contributed by atoms with Crippen LogP contribution in [0.5, 0.6) is 5.75 Å². The predicted octanol–water partition coefficient (Wildman–Crippen LogP) is 3.66. The largest absolute Gasteiger partial charge is 0.483 e. The van der Waals surface area contributed by atoms with Gasteiger partial charge in [-0.1, -0.05) is 61.9 Å². The molecular weight excluding hydrogens is 352 g/mol. The number of hydrogen-bond donors (Lipinski definition) is 1. The summed E-state index contributed by atoms with van der Waals surface area (Å²) in [6.07, 6.45) is 0. The lowest BCUT2D eigenvalue weighted by Gasteiger charge is -2.28. The molecule has 0 spiro atoms. The van der Waals surface area contributed by atoms with Crippen LogP contribution in [0.2, 0.25) is 0 Å². The van der Waals surface area contributed by atoms with Gasteiger partial charge in [-0.25, -0.2) is 0 Å². The molecule has 0 heterocycles. The second-order valence-electron chi connectivity index (χ2n) is 7.28. The molecule has 28 heavy (non-hydrogen) atoms. The van der Waals surface area contributed by atoms with Gasteiger partial charge in [-0.15, -0.1) is 0 Å². The maximum atomic E-state index is 13.0. The summed E-state index contributed by atoms with van der Waals surface area (Å²) in [7, 11) is 1.57. The number of benzene rings is 2. The number of ether oxygens (including phenoxy) is 1. The van der Waals surface area contributed by atoms with E-state index in [4.69, 9.17) is 4.74 Å². The van der Waals surface area contributed by atoms with E-state index >= 15 is 0 Å². The first-order valence-electron chi connectivity index (χ1n) is 9.61. The lowest BCUT2D eigenvalue weighted by Crippen LogP contribution is -2.48. The zero-order valence-electron chi connectivity index (χ0n) is 17.4. The van der Waals surface area contributed by atoms with Crippen LogP contribution < -0.4 is 10.1 Å². The van der Waals surface area contributed by atoms with Gasteiger partial charge in [-0.3, -0.25) is 9.59 Å². The molecule has 1 unspecified atom stereocenters. The van der Waals surface area contributed by atoms with Gasteiger partial charge in [0, 0.05) is 13.6 Å². The van der Waals surface area contributed by atoms with Crippen LogP contribution >= 0.6 is 0 Å². The second-order valence-corrected chi connectivity index (χ2v) is 7.28. The van der Waals surface area contributed by atoms with E-state index in [0.717, 1.165) is 16.7 Å². The zero-order chi connectivity index (χ0) is 20.7. The lowest BCUT2D eigenvalue weighted by atomic mass is 10.0. The maximum absolute atomic E-state index is 13.0. The highest BCUT2D eigenvalue weighted by Crippen LogP contribution is 2.26. The van der Waals surface area contributed by atoms with E-state index in [2.05, 4.69) is 19.2 Å². The number of hydrogen-bond acceptors (Lipinski definition) is 3. The van der Waals surface area contributed by atoms with E-state index in [0.29, 0.717) is 18.2 Å². The first kappa shape index (κ1) is 21.5. The summed E-state index contributed by atoms with van der Waals surface area (Å²) < 4.78 is 5.84. The molecule has 0 bridgehead atoms. The molecule has 0 saturated heterocycles. The molecule has 1 atom stereocenters. The Labute approximate surface area is 167 Å². The Morgan fingerprint density at radius 2 is 1.79 bits per heavy atom. The molecule has 2 aromatic rings. The molecule has 2 rings (SSSR count). The van der Waals surface area contributed by atoms with Gasteiger partial charge in [0.1, 0.15) is 11.8 Å². The summed E-state index contributed by atoms with van der Waals surface area (Å²) in [5.41, 5.74) is 3.14. The molecule has 150 valence electrons. The smallest absolute Gasteiger partial charge is 0.261 e. The van der Waals surface area contributed by atoms with Crippen molar-refractivity contribution in [1.29, 1.82) is 0 Å². The van der Waals surface area contributed by atoms with Crippen molar-refractivity contribution >= 4 is 11.8 Å². The number of carbonyl (C=O) groups excluding carboxylic acids is 2. The number of likely N-dealkylation sites (N-methyl/N-ethyl adjacent to an activating group) is 1. The molecule has 5 nitrogen and oxygen atoms in total. The van der Waals surface area contributed by atoms with Crippen molar-refractivity contribution in [1.82, 2.24) is 10.2 Å². The lowest BCUT2D eigenvalue weighted by molar-refractivity contribution is -0.142. The number of carbonyl (C=O) groups is 2. The van der Waals surface area contributed by atoms with Crippen LogP contribution in [0.3, 0.4) is 0 Å². The maximum Gasteiger partial charge on any atom is 0.261 e. The Kier molecular flexibility index (Phi) is 7.61. The highest BCUT2D eigenvalue weighted by molar-refractivity contribution is 5.87. The van der Waals surface area contributed by atoms with Crippen molar-refractivity contribution in [3.63, 3.8) is 0 Å². The fraction of sp³-hybridized carbons (Fsp3) is 0.391. The monoisotopic (exact) mass is 382 g/mol. The van der Waals surface area contributed by atoms with Crippen LogP contribution in [0.1, 0.15) is 43.4 Å². The summed E-state index contributed by atoms with van der Waals surface area (Å²) in [5, 5.41) is 2.62. The minimum atomic E-state index is -0.595. The Hall–Kier alpha value is -2.82. The molecule has 0 aliphatic rings. The second kappa shape index (κ2) is 9.93. The fourth-order valence-corrected chi connectivity index (χ4v) is 3.11. The van der Waals surface area contributed by atoms with Crippen molar-refractivity contribution in [2.45, 2.75) is 46.2 Å². The molecule has 0 saturated carbocycles. The van der Waals surface area contributed by atoms with Gasteiger partial charge in [0.25, 0.3) is 5.91 Å². The zero-order valence-corrected chi connectivity index (χ0v) is 17.4. The third-order valence-electron chi connectivity index (χ3n) is 4.74. The molecule has 0 radical (unpaired) electrons. The van der Waals surface area contributed by atoms with E-state index in [1.165, 1.54) is 0 Å². The number of aryl methyl sites for hydroxylation is 1. The van der Waals surface area contributed by atoms with E-state index in [-0.39, 0.29) is 18.4 Å². The van der Waals surface area contributed by atoms with Crippen molar-refractivity contribution in [3.8, 4) is 5.75 Å². The first-order valence-corrected chi connectivity index (χ1v) is 9.61. The number of nitrogens with one attached hydrogen (secondary N) is 1. The predicted molar refractivity (Wildman–Crippen MR) is 111 cm³/mol. The topological polar surface area (TPSA) is 58.6 Å². The van der Waals surface area contributed by atoms with Crippen LogP contribution in [0, 0.1) is 6.92 Å². The number of rotatable bonds is 8. The molecule has 5 heteroatoms. The Morgan fingerprint density at radius 3 is 2.43 bits per heavy atom. The molecule has 0 fully saturated rings. The van der Waals surface area contributed by atoms with Crippen molar-refractivity contribution < 1.29 is 14.3 Å². The third-order valence-corrected chi connectivity index (χ3v) is 4.74. The number of para-hydroxylation sites is 1. The molecule has 0 aliphatic heterocycles. The van der Waals surface area contributed by atoms with Gasteiger partial charge in [-0.2, -0.15) is 0 Å². The van der Waals surface area contributed by atoms with Crippen LogP contribution in [-0.2, 0) is 16.1 Å². The molecule has 0 aromatic heterocycles. The van der Waals surface area contributed by atoms with Crippen molar-refractivity contribution in [3.05, 3.63) is 65.2 Å². The van der Waals surface area contributed by atoms with Gasteiger partial charge in [-0.05, 0) is 37.0 Å². The normalized spacial score (nSPS) is 11.8. The van der Waals surface area contributed by atoms with Crippen molar-refractivity contribution in [2.24, 2.45) is 0 Å². The summed E-state index contributed by atoms with van der Waals surface area (Å²) in [4.78, 5) is 26.7. The van der Waals surface area contributed by atoms with Crippen LogP contribution in [0.25, 0.3) is 0 Å². The third kappa shape index (κ3) is 5.59. The molecule has 2 amide bonds. The van der Waals surface area contributed by atoms with Gasteiger partial charge in [0.05, 0.1) is 0 Å². The minimum Gasteiger partial charge on any atom is -0.483 e. The Bertz CT molecular complexity index is 817. The van der Waals surface area contributed by atoms with Gasteiger partial charge in [0.2, 0.25) is 5.91 Å². The summed E-state index contributed by atoms with van der Waals surface area (Å²) in [6.45, 7) is 8.14. The minimum absolute atomic E-state index is 0.114. The quantitative estimate of drug-likeness (QED) is 0.758. The van der Waals surface area contributed by atoms with Crippen LogP contribution in [0.4, 0.5) is 0 Å². The summed E-state index contributed by atoms with van der Waals surface area (Å²) in [6, 6.07) is 15.1. The van der Waals surface area contributed by atoms with E-state index in [1.807, 2.05) is 55.5 Å². The number of amides is 2. The van der Waals surface area contributed by atoms with Crippen molar-refractivity contribution in [2.75, 3.05) is 13.7 Å². The average molecular weight is 383 g/mol.